The first-order chi connectivity index (χ1) is 15.8. The van der Waals surface area contributed by atoms with Crippen LogP contribution in [0, 0.1) is 13.8 Å². The summed E-state index contributed by atoms with van der Waals surface area (Å²) in [5.41, 5.74) is 11.1. The molecule has 33 heavy (non-hydrogen) atoms. The lowest BCUT2D eigenvalue weighted by atomic mass is 10.1. The van der Waals surface area contributed by atoms with Gasteiger partial charge in [-0.1, -0.05) is 42.5 Å². The smallest absolute Gasteiger partial charge is 0.255 e. The van der Waals surface area contributed by atoms with Gasteiger partial charge in [0.25, 0.3) is 5.91 Å². The van der Waals surface area contributed by atoms with Gasteiger partial charge >= 0.3 is 0 Å². The maximum atomic E-state index is 13.4. The highest BCUT2D eigenvalue weighted by atomic mass is 16.2. The fourth-order valence-corrected chi connectivity index (χ4v) is 4.78. The second kappa shape index (κ2) is 9.63. The van der Waals surface area contributed by atoms with Crippen LogP contribution in [0.4, 0.5) is 0 Å². The minimum atomic E-state index is -0.411. The molecular formula is C27H32N4O2. The Labute approximate surface area is 195 Å². The summed E-state index contributed by atoms with van der Waals surface area (Å²) in [7, 11) is 0. The van der Waals surface area contributed by atoms with Crippen LogP contribution >= 0.6 is 0 Å². The summed E-state index contributed by atoms with van der Waals surface area (Å²) >= 11 is 0. The Morgan fingerprint density at radius 3 is 2.18 bits per heavy atom. The lowest BCUT2D eigenvalue weighted by Gasteiger charge is -2.35. The number of piperazine rings is 1. The molecule has 4 rings (SSSR count). The minimum absolute atomic E-state index is 0.111. The summed E-state index contributed by atoms with van der Waals surface area (Å²) in [6.45, 7) is 10.1. The van der Waals surface area contributed by atoms with Gasteiger partial charge in [0.2, 0.25) is 5.91 Å². The van der Waals surface area contributed by atoms with Gasteiger partial charge in [-0.05, 0) is 50.1 Å². The molecule has 6 heteroatoms. The largest absolute Gasteiger partial charge is 0.366 e. The van der Waals surface area contributed by atoms with Gasteiger partial charge in [0.05, 0.1) is 11.6 Å². The van der Waals surface area contributed by atoms with Gasteiger partial charge < -0.3 is 15.2 Å². The molecule has 2 amide bonds. The molecule has 2 N–H and O–H groups in total. The molecule has 1 unspecified atom stereocenters. The predicted molar refractivity (Wildman–Crippen MR) is 130 cm³/mol. The quantitative estimate of drug-likeness (QED) is 0.629. The average molecular weight is 445 g/mol. The van der Waals surface area contributed by atoms with Gasteiger partial charge in [0, 0.05) is 49.7 Å². The SMILES string of the molecule is Cc1cc(C(=O)N2CCN(Cc3ccc(C(N)=O)cc3)CC2)c(C)n1C(C)c1ccccc1. The van der Waals surface area contributed by atoms with E-state index >= 15 is 0 Å². The number of rotatable bonds is 6. The average Bonchev–Trinajstić information content (AvgIpc) is 3.13. The minimum Gasteiger partial charge on any atom is -0.366 e. The molecule has 1 atom stereocenters. The zero-order valence-electron chi connectivity index (χ0n) is 19.6. The summed E-state index contributed by atoms with van der Waals surface area (Å²) in [6, 6.07) is 20.0. The molecule has 1 aliphatic heterocycles. The molecule has 0 aliphatic carbocycles. The van der Waals surface area contributed by atoms with Crippen molar-refractivity contribution in [2.75, 3.05) is 26.2 Å². The van der Waals surface area contributed by atoms with Crippen molar-refractivity contribution in [2.24, 2.45) is 5.73 Å². The summed E-state index contributed by atoms with van der Waals surface area (Å²) in [6.07, 6.45) is 0. The molecular weight excluding hydrogens is 412 g/mol. The number of nitrogens with zero attached hydrogens (tertiary/aromatic N) is 3. The van der Waals surface area contributed by atoms with Crippen molar-refractivity contribution in [1.82, 2.24) is 14.4 Å². The Balaban J connectivity index is 1.40. The van der Waals surface area contributed by atoms with Crippen LogP contribution in [0.5, 0.6) is 0 Å². The Bertz CT molecular complexity index is 1130. The highest BCUT2D eigenvalue weighted by Crippen LogP contribution is 2.26. The number of primary amides is 1. The molecule has 0 radical (unpaired) electrons. The zero-order valence-corrected chi connectivity index (χ0v) is 19.6. The first-order valence-electron chi connectivity index (χ1n) is 11.5. The van der Waals surface area contributed by atoms with E-state index in [1.807, 2.05) is 36.1 Å². The summed E-state index contributed by atoms with van der Waals surface area (Å²) in [5, 5.41) is 0. The highest BCUT2D eigenvalue weighted by molar-refractivity contribution is 5.96. The molecule has 2 heterocycles. The Hall–Kier alpha value is -3.38. The van der Waals surface area contributed by atoms with Crippen molar-refractivity contribution in [2.45, 2.75) is 33.4 Å². The van der Waals surface area contributed by atoms with Crippen molar-refractivity contribution in [3.8, 4) is 0 Å². The molecule has 6 nitrogen and oxygen atoms in total. The van der Waals surface area contributed by atoms with E-state index in [1.165, 1.54) is 5.56 Å². The molecule has 0 saturated carbocycles. The predicted octanol–water partition coefficient (Wildman–Crippen LogP) is 3.77. The van der Waals surface area contributed by atoms with Crippen molar-refractivity contribution in [3.05, 3.63) is 94.3 Å². The first-order valence-corrected chi connectivity index (χ1v) is 11.5. The number of aryl methyl sites for hydroxylation is 1. The normalized spacial score (nSPS) is 15.4. The Morgan fingerprint density at radius 2 is 1.58 bits per heavy atom. The fourth-order valence-electron chi connectivity index (χ4n) is 4.78. The number of benzene rings is 2. The van der Waals surface area contributed by atoms with Gasteiger partial charge in [0.1, 0.15) is 0 Å². The van der Waals surface area contributed by atoms with Crippen LogP contribution in [0.1, 0.15) is 56.2 Å². The number of carbonyl (C=O) groups is 2. The van der Waals surface area contributed by atoms with Crippen LogP contribution in [0.15, 0.2) is 60.7 Å². The van der Waals surface area contributed by atoms with Gasteiger partial charge in [-0.3, -0.25) is 14.5 Å². The number of hydrogen-bond donors (Lipinski definition) is 1. The monoisotopic (exact) mass is 444 g/mol. The van der Waals surface area contributed by atoms with Crippen LogP contribution in [-0.4, -0.2) is 52.4 Å². The number of aromatic nitrogens is 1. The molecule has 3 aromatic rings. The third-order valence-corrected chi connectivity index (χ3v) is 6.69. The van der Waals surface area contributed by atoms with Crippen LogP contribution in [0.3, 0.4) is 0 Å². The van der Waals surface area contributed by atoms with Crippen LogP contribution in [-0.2, 0) is 6.54 Å². The third-order valence-electron chi connectivity index (χ3n) is 6.69. The van der Waals surface area contributed by atoms with Gasteiger partial charge in [-0.2, -0.15) is 0 Å². The van der Waals surface area contributed by atoms with E-state index in [0.29, 0.717) is 18.7 Å². The van der Waals surface area contributed by atoms with Crippen molar-refractivity contribution >= 4 is 11.8 Å². The van der Waals surface area contributed by atoms with E-state index in [2.05, 4.69) is 47.6 Å². The van der Waals surface area contributed by atoms with E-state index < -0.39 is 5.91 Å². The molecule has 0 bridgehead atoms. The van der Waals surface area contributed by atoms with Crippen molar-refractivity contribution < 1.29 is 9.59 Å². The number of hydrogen-bond acceptors (Lipinski definition) is 3. The van der Waals surface area contributed by atoms with Gasteiger partial charge in [-0.15, -0.1) is 0 Å². The maximum Gasteiger partial charge on any atom is 0.255 e. The van der Waals surface area contributed by atoms with Gasteiger partial charge in [0.15, 0.2) is 0 Å². The second-order valence-electron chi connectivity index (χ2n) is 8.87. The highest BCUT2D eigenvalue weighted by Gasteiger charge is 2.26. The first kappa shape index (κ1) is 22.8. The second-order valence-corrected chi connectivity index (χ2v) is 8.87. The standard InChI is InChI=1S/C27H32N4O2/c1-19-17-25(21(3)31(19)20(2)23-7-5-4-6-8-23)27(33)30-15-13-29(14-16-30)18-22-9-11-24(12-10-22)26(28)32/h4-12,17,20H,13-16,18H2,1-3H3,(H2,28,32). The number of nitrogens with two attached hydrogens (primary N) is 1. The van der Waals surface area contributed by atoms with Crippen molar-refractivity contribution in [3.63, 3.8) is 0 Å². The summed E-state index contributed by atoms with van der Waals surface area (Å²) in [4.78, 5) is 28.9. The number of amides is 2. The van der Waals surface area contributed by atoms with E-state index in [1.54, 1.807) is 12.1 Å². The number of carbonyl (C=O) groups excluding carboxylic acids is 2. The molecule has 1 aliphatic rings. The van der Waals surface area contributed by atoms with E-state index in [0.717, 1.165) is 42.1 Å². The van der Waals surface area contributed by atoms with E-state index in [-0.39, 0.29) is 11.9 Å². The molecule has 1 fully saturated rings. The zero-order chi connectivity index (χ0) is 23.5. The summed E-state index contributed by atoms with van der Waals surface area (Å²) < 4.78 is 2.26. The van der Waals surface area contributed by atoms with E-state index in [4.69, 9.17) is 5.73 Å². The lowest BCUT2D eigenvalue weighted by molar-refractivity contribution is 0.0627. The molecule has 172 valence electrons. The maximum absolute atomic E-state index is 13.4. The molecule has 1 aromatic heterocycles. The van der Waals surface area contributed by atoms with Gasteiger partial charge in [-0.25, -0.2) is 0 Å². The Kier molecular flexibility index (Phi) is 6.65. The molecule has 0 spiro atoms. The van der Waals surface area contributed by atoms with Crippen LogP contribution < -0.4 is 5.73 Å². The molecule has 1 saturated heterocycles. The molecule has 2 aromatic carbocycles. The third kappa shape index (κ3) is 4.86. The van der Waals surface area contributed by atoms with Crippen molar-refractivity contribution in [1.29, 1.82) is 0 Å². The summed E-state index contributed by atoms with van der Waals surface area (Å²) in [5.74, 6) is -0.300. The topological polar surface area (TPSA) is 71.6 Å². The van der Waals surface area contributed by atoms with Crippen LogP contribution in [0.25, 0.3) is 0 Å². The van der Waals surface area contributed by atoms with Crippen LogP contribution in [0.2, 0.25) is 0 Å². The lowest BCUT2D eigenvalue weighted by Crippen LogP contribution is -2.48. The van der Waals surface area contributed by atoms with E-state index in [9.17, 15) is 9.59 Å². The fraction of sp³-hybridized carbons (Fsp3) is 0.333. The Morgan fingerprint density at radius 1 is 0.939 bits per heavy atom.